The van der Waals surface area contributed by atoms with Crippen LogP contribution in [0.5, 0.6) is 0 Å². The lowest BCUT2D eigenvalue weighted by molar-refractivity contribution is -0.116. The lowest BCUT2D eigenvalue weighted by Gasteiger charge is -2.35. The van der Waals surface area contributed by atoms with Gasteiger partial charge in [0.25, 0.3) is 10.1 Å². The summed E-state index contributed by atoms with van der Waals surface area (Å²) >= 11 is 0. The number of piperidine rings is 1. The minimum absolute atomic E-state index is 0.00563. The second-order valence-corrected chi connectivity index (χ2v) is 10.9. The Hall–Kier alpha value is -2.53. The molecule has 0 aromatic carbocycles. The summed E-state index contributed by atoms with van der Waals surface area (Å²) < 4.78 is 29.8. The number of unbranched alkanes of at least 4 members (excludes halogenated alkanes) is 1. The molecule has 186 valence electrons. The molecule has 0 aliphatic carbocycles. The van der Waals surface area contributed by atoms with Crippen molar-refractivity contribution in [2.45, 2.75) is 70.8 Å². The van der Waals surface area contributed by atoms with Crippen LogP contribution in [0.15, 0.2) is 12.5 Å². The van der Waals surface area contributed by atoms with E-state index in [1.165, 1.54) is 6.33 Å². The fourth-order valence-electron chi connectivity index (χ4n) is 4.86. The Bertz CT molecular complexity index is 1120. The van der Waals surface area contributed by atoms with Gasteiger partial charge < -0.3 is 14.8 Å². The number of nitrogens with zero attached hydrogens (tertiary/aromatic N) is 5. The van der Waals surface area contributed by atoms with Gasteiger partial charge in [-0.05, 0) is 31.6 Å². The van der Waals surface area contributed by atoms with Crippen molar-refractivity contribution in [2.75, 3.05) is 36.2 Å². The van der Waals surface area contributed by atoms with Gasteiger partial charge in [-0.15, -0.1) is 0 Å². The molecule has 2 aromatic rings. The number of aryl methyl sites for hydroxylation is 1. The third-order valence-electron chi connectivity index (χ3n) is 6.54. The fraction of sp³-hybridized carbons (Fsp3) is 0.652. The monoisotopic (exact) mass is 490 g/mol. The molecule has 1 N–H and O–H groups in total. The third-order valence-corrected chi connectivity index (χ3v) is 7.13. The van der Waals surface area contributed by atoms with Crippen LogP contribution >= 0.6 is 0 Å². The maximum atomic E-state index is 11.9. The van der Waals surface area contributed by atoms with Crippen LogP contribution in [0, 0.1) is 0 Å². The van der Waals surface area contributed by atoms with E-state index >= 15 is 0 Å². The average molecular weight is 491 g/mol. The Morgan fingerprint density at radius 2 is 2.00 bits per heavy atom. The molecule has 11 heteroatoms. The number of aromatic nitrogens is 4. The van der Waals surface area contributed by atoms with Crippen LogP contribution in [0.25, 0.3) is 0 Å². The quantitative estimate of drug-likeness (QED) is 0.533. The van der Waals surface area contributed by atoms with Gasteiger partial charge in [-0.2, -0.15) is 8.42 Å². The van der Waals surface area contributed by atoms with Crippen molar-refractivity contribution >= 4 is 27.7 Å². The van der Waals surface area contributed by atoms with Crippen LogP contribution in [0.2, 0.25) is 0 Å². The van der Waals surface area contributed by atoms with Crippen LogP contribution in [-0.2, 0) is 32.1 Å². The molecule has 2 aromatic heterocycles. The number of fused-ring (bicyclic) bond motifs is 1. The molecule has 34 heavy (non-hydrogen) atoms. The van der Waals surface area contributed by atoms with Crippen LogP contribution < -0.4 is 10.2 Å². The zero-order chi connectivity index (χ0) is 24.3. The van der Waals surface area contributed by atoms with E-state index in [2.05, 4.69) is 31.7 Å². The summed E-state index contributed by atoms with van der Waals surface area (Å²) in [6.45, 7) is 6.41. The summed E-state index contributed by atoms with van der Waals surface area (Å²) in [5, 5.41) is 2.88. The summed E-state index contributed by atoms with van der Waals surface area (Å²) in [6, 6.07) is 0. The van der Waals surface area contributed by atoms with E-state index in [1.807, 2.05) is 13.1 Å². The molecular formula is C23H34N6O4S. The molecule has 2 aliphatic rings. The second kappa shape index (κ2) is 10.4. The molecule has 1 fully saturated rings. The lowest BCUT2D eigenvalue weighted by Crippen LogP contribution is -2.36. The Balaban J connectivity index is 1.48. The number of amides is 1. The van der Waals surface area contributed by atoms with Gasteiger partial charge in [-0.25, -0.2) is 15.0 Å². The van der Waals surface area contributed by atoms with Gasteiger partial charge in [-0.3, -0.25) is 8.98 Å². The molecule has 2 aliphatic heterocycles. The molecule has 10 nitrogen and oxygen atoms in total. The maximum absolute atomic E-state index is 11.9. The maximum Gasteiger partial charge on any atom is 0.264 e. The number of anilines is 2. The van der Waals surface area contributed by atoms with Crippen molar-refractivity contribution in [3.05, 3.63) is 29.6 Å². The van der Waals surface area contributed by atoms with Crippen molar-refractivity contribution in [3.8, 4) is 0 Å². The van der Waals surface area contributed by atoms with E-state index in [0.717, 1.165) is 74.3 Å². The van der Waals surface area contributed by atoms with Crippen LogP contribution in [0.3, 0.4) is 0 Å². The van der Waals surface area contributed by atoms with Gasteiger partial charge in [0.1, 0.15) is 23.8 Å². The fourth-order valence-corrected chi connectivity index (χ4v) is 5.24. The standard InChI is InChI=1S/C23H34N6O4S/c1-4-5-6-18-14-29(11-12-33-34(3,31)32)22(26-18)17-7-9-28(10-8-17)23-20-16(2)13-19(30)27-21(20)24-15-25-23/h14-17H,4-13H2,1-3H3,(H,24,25,27,30)/t16-/m1/s1. The van der Waals surface area contributed by atoms with E-state index in [9.17, 15) is 13.2 Å². The van der Waals surface area contributed by atoms with E-state index in [0.29, 0.717) is 18.8 Å². The number of hydrogen-bond donors (Lipinski definition) is 1. The molecule has 1 saturated heterocycles. The van der Waals surface area contributed by atoms with Crippen molar-refractivity contribution < 1.29 is 17.4 Å². The smallest absolute Gasteiger partial charge is 0.264 e. The van der Waals surface area contributed by atoms with E-state index < -0.39 is 10.1 Å². The van der Waals surface area contributed by atoms with Crippen LogP contribution in [-0.4, -0.2) is 59.8 Å². The van der Waals surface area contributed by atoms with Crippen LogP contribution in [0.4, 0.5) is 11.6 Å². The molecule has 0 bridgehead atoms. The Labute approximate surface area is 201 Å². The Morgan fingerprint density at radius 1 is 1.24 bits per heavy atom. The van der Waals surface area contributed by atoms with E-state index in [1.54, 1.807) is 0 Å². The molecule has 0 unspecified atom stereocenters. The van der Waals surface area contributed by atoms with E-state index in [4.69, 9.17) is 9.17 Å². The van der Waals surface area contributed by atoms with Gasteiger partial charge in [0.15, 0.2) is 0 Å². The van der Waals surface area contributed by atoms with Crippen molar-refractivity contribution in [1.29, 1.82) is 0 Å². The predicted molar refractivity (Wildman–Crippen MR) is 130 cm³/mol. The molecular weight excluding hydrogens is 456 g/mol. The van der Waals surface area contributed by atoms with Gasteiger partial charge in [0.2, 0.25) is 5.91 Å². The first-order valence-corrected chi connectivity index (χ1v) is 13.9. The van der Waals surface area contributed by atoms with Crippen molar-refractivity contribution in [2.24, 2.45) is 0 Å². The summed E-state index contributed by atoms with van der Waals surface area (Å²) in [6.07, 6.45) is 10.00. The number of imidazole rings is 1. The predicted octanol–water partition coefficient (Wildman–Crippen LogP) is 2.82. The highest BCUT2D eigenvalue weighted by Crippen LogP contribution is 2.38. The zero-order valence-corrected chi connectivity index (χ0v) is 21.0. The normalized spacial score (nSPS) is 19.2. The first-order valence-electron chi connectivity index (χ1n) is 12.0. The zero-order valence-electron chi connectivity index (χ0n) is 20.2. The SMILES string of the molecule is CCCCc1cn(CCOS(C)(=O)=O)c(C2CCN(c3ncnc4c3[C@H](C)CC(=O)N4)CC2)n1. The van der Waals surface area contributed by atoms with Gasteiger partial charge >= 0.3 is 0 Å². The Morgan fingerprint density at radius 3 is 2.71 bits per heavy atom. The highest BCUT2D eigenvalue weighted by molar-refractivity contribution is 7.85. The minimum Gasteiger partial charge on any atom is -0.356 e. The molecule has 0 saturated carbocycles. The molecule has 1 amide bonds. The summed E-state index contributed by atoms with van der Waals surface area (Å²) in [7, 11) is -3.47. The first kappa shape index (κ1) is 24.6. The number of nitrogens with one attached hydrogen (secondary N) is 1. The van der Waals surface area contributed by atoms with Crippen molar-refractivity contribution in [3.63, 3.8) is 0 Å². The topological polar surface area (TPSA) is 119 Å². The highest BCUT2D eigenvalue weighted by atomic mass is 32.2. The minimum atomic E-state index is -3.47. The van der Waals surface area contributed by atoms with Gasteiger partial charge in [0.05, 0.1) is 18.6 Å². The summed E-state index contributed by atoms with van der Waals surface area (Å²) in [5.74, 6) is 2.89. The molecule has 4 heterocycles. The number of rotatable bonds is 9. The lowest BCUT2D eigenvalue weighted by atomic mass is 9.92. The second-order valence-electron chi connectivity index (χ2n) is 9.29. The largest absolute Gasteiger partial charge is 0.356 e. The molecule has 4 rings (SSSR count). The van der Waals surface area contributed by atoms with Gasteiger partial charge in [0, 0.05) is 43.7 Å². The summed E-state index contributed by atoms with van der Waals surface area (Å²) in [5.41, 5.74) is 2.06. The van der Waals surface area contributed by atoms with Crippen LogP contribution in [0.1, 0.15) is 74.9 Å². The number of hydrogen-bond acceptors (Lipinski definition) is 8. The van der Waals surface area contributed by atoms with E-state index in [-0.39, 0.29) is 24.3 Å². The highest BCUT2D eigenvalue weighted by Gasteiger charge is 2.31. The molecule has 0 spiro atoms. The summed E-state index contributed by atoms with van der Waals surface area (Å²) in [4.78, 5) is 28.0. The number of carbonyl (C=O) groups excluding carboxylic acids is 1. The molecule has 0 radical (unpaired) electrons. The Kier molecular flexibility index (Phi) is 7.51. The third kappa shape index (κ3) is 5.75. The first-order chi connectivity index (χ1) is 16.2. The number of carbonyl (C=O) groups is 1. The van der Waals surface area contributed by atoms with Crippen molar-refractivity contribution in [1.82, 2.24) is 19.5 Å². The molecule has 1 atom stereocenters. The average Bonchev–Trinajstić information content (AvgIpc) is 3.19. The van der Waals surface area contributed by atoms with Gasteiger partial charge in [-0.1, -0.05) is 20.3 Å².